The van der Waals surface area contributed by atoms with E-state index in [1.165, 1.54) is 56.4 Å². The van der Waals surface area contributed by atoms with Crippen LogP contribution in [0.15, 0.2) is 78.0 Å². The molecule has 76 heavy (non-hydrogen) atoms. The van der Waals surface area contributed by atoms with Gasteiger partial charge in [0, 0.05) is 109 Å². The fourth-order valence-electron chi connectivity index (χ4n) is 11.9. The summed E-state index contributed by atoms with van der Waals surface area (Å²) in [6.07, 6.45) is 14.9. The Hall–Kier alpha value is -6.55. The Morgan fingerprint density at radius 3 is 1.91 bits per heavy atom. The Morgan fingerprint density at radius 2 is 1.28 bits per heavy atom. The van der Waals surface area contributed by atoms with Crippen molar-refractivity contribution in [1.82, 2.24) is 24.5 Å². The van der Waals surface area contributed by atoms with Crippen LogP contribution in [-0.2, 0) is 25.5 Å². The molecule has 5 fully saturated rings. The van der Waals surface area contributed by atoms with Gasteiger partial charge in [0.05, 0.1) is 35.5 Å². The van der Waals surface area contributed by atoms with Crippen molar-refractivity contribution in [3.05, 3.63) is 123 Å². The molecule has 0 radical (unpaired) electrons. The predicted octanol–water partition coefficient (Wildman–Crippen LogP) is 7.65. The zero-order valence-corrected chi connectivity index (χ0v) is 44.1. The number of nitrogens with one attached hydrogen (secondary N) is 1. The molecule has 3 aromatic carbocycles. The summed E-state index contributed by atoms with van der Waals surface area (Å²) in [5.41, 5.74) is 15.4. The number of carbonyl (C=O) groups excluding carboxylic acids is 6. The van der Waals surface area contributed by atoms with Gasteiger partial charge in [-0.1, -0.05) is 55.7 Å². The average Bonchev–Trinajstić information content (AvgIpc) is 3.45. The van der Waals surface area contributed by atoms with Crippen molar-refractivity contribution in [3.8, 4) is 0 Å². The molecule has 0 spiro atoms. The molecule has 17 heteroatoms. The summed E-state index contributed by atoms with van der Waals surface area (Å²) in [5, 5.41) is 8.54. The van der Waals surface area contributed by atoms with E-state index in [0.29, 0.717) is 86.2 Å². The van der Waals surface area contributed by atoms with Crippen LogP contribution < -0.4 is 11.5 Å². The van der Waals surface area contributed by atoms with Gasteiger partial charge >= 0.3 is 0 Å². The lowest BCUT2D eigenvalue weighted by Crippen LogP contribution is -2.55. The second-order valence-electron chi connectivity index (χ2n) is 21.9. The number of halogens is 2. The van der Waals surface area contributed by atoms with Crippen LogP contribution in [0, 0.1) is 23.0 Å². The first-order chi connectivity index (χ1) is 36.5. The molecule has 6 aliphatic rings. The minimum Gasteiger partial charge on any atom is -0.375 e. The van der Waals surface area contributed by atoms with Gasteiger partial charge in [0.25, 0.3) is 17.7 Å². The number of benzene rings is 3. The summed E-state index contributed by atoms with van der Waals surface area (Å²) in [5.74, 6) is -2.39. The maximum atomic E-state index is 14.9. The van der Waals surface area contributed by atoms with Crippen molar-refractivity contribution in [2.45, 2.75) is 127 Å². The van der Waals surface area contributed by atoms with E-state index in [0.717, 1.165) is 64.7 Å². The highest BCUT2D eigenvalue weighted by Gasteiger charge is 2.44. The molecule has 15 nitrogen and oxygen atoms in total. The molecule has 1 unspecified atom stereocenters. The predicted molar refractivity (Wildman–Crippen MR) is 289 cm³/mol. The monoisotopic (exact) mass is 1050 g/mol. The molecule has 1 atom stereocenters. The molecule has 5 N–H and O–H groups in total. The fraction of sp³-hybridized carbons (Fsp3) is 0.525. The molecule has 9 rings (SSSR count). The highest BCUT2D eigenvalue weighted by atomic mass is 19.1. The summed E-state index contributed by atoms with van der Waals surface area (Å²) in [7, 11) is 0. The van der Waals surface area contributed by atoms with Gasteiger partial charge in [0.2, 0.25) is 17.7 Å². The Balaban J connectivity index is 0.000000317. The van der Waals surface area contributed by atoms with Crippen molar-refractivity contribution in [1.29, 1.82) is 5.41 Å². The largest absolute Gasteiger partial charge is 0.375 e. The fourth-order valence-corrected chi connectivity index (χ4v) is 11.9. The second kappa shape index (κ2) is 25.1. The van der Waals surface area contributed by atoms with Crippen molar-refractivity contribution in [2.24, 2.45) is 17.4 Å². The van der Waals surface area contributed by atoms with E-state index in [2.05, 4.69) is 10.6 Å². The van der Waals surface area contributed by atoms with Crippen LogP contribution in [0.5, 0.6) is 0 Å². The highest BCUT2D eigenvalue weighted by molar-refractivity contribution is 6.09. The van der Waals surface area contributed by atoms with Gasteiger partial charge in [-0.3, -0.25) is 33.7 Å². The number of amides is 6. The van der Waals surface area contributed by atoms with Crippen molar-refractivity contribution >= 4 is 41.2 Å². The normalized spacial score (nSPS) is 20.5. The van der Waals surface area contributed by atoms with Gasteiger partial charge in [-0.05, 0) is 113 Å². The molecule has 4 heterocycles. The second-order valence-corrected chi connectivity index (χ2v) is 21.9. The summed E-state index contributed by atoms with van der Waals surface area (Å²) in [6, 6.07) is 15.5. The van der Waals surface area contributed by atoms with Crippen molar-refractivity contribution in [3.63, 3.8) is 0 Å². The van der Waals surface area contributed by atoms with Gasteiger partial charge in [0.15, 0.2) is 0 Å². The molecular weight excluding hydrogens is 971 g/mol. The number of rotatable bonds is 14. The Kier molecular flexibility index (Phi) is 18.4. The zero-order chi connectivity index (χ0) is 54.1. The minimum absolute atomic E-state index is 0. The van der Waals surface area contributed by atoms with Crippen LogP contribution in [-0.4, -0.2) is 149 Å². The number of ether oxygens (including phenoxy) is 1. The first-order valence-corrected chi connectivity index (χ1v) is 27.3. The van der Waals surface area contributed by atoms with E-state index < -0.39 is 34.9 Å². The molecule has 6 amide bonds. The summed E-state index contributed by atoms with van der Waals surface area (Å²) in [6.45, 7) is 9.37. The third-order valence-electron chi connectivity index (χ3n) is 16.5. The highest BCUT2D eigenvalue weighted by Crippen LogP contribution is 2.43. The van der Waals surface area contributed by atoms with Gasteiger partial charge in [0.1, 0.15) is 11.6 Å². The molecule has 0 bridgehead atoms. The number of hydrogen-bond donors (Lipinski definition) is 3. The summed E-state index contributed by atoms with van der Waals surface area (Å²) in [4.78, 5) is 84.7. The van der Waals surface area contributed by atoms with Crippen molar-refractivity contribution in [2.75, 3.05) is 65.4 Å². The molecule has 4 saturated heterocycles. The standard InChI is InChI=1S/C40H53FN6O5.C19H21FN2O2.2H2/c41-35-11-10-29(25-36(42)32-8-4-5-9-33(32)39(43)50)24-34(35)40(51)47-22-20-46(21-23-47)38(49)27-44-16-12-30(13-17-44)52-31-14-18-45(19-15-31)37(48)26-28-6-2-1-3-7-28;1-19(2)15(13-8-4-9-14(16(13)20)17(21)23)10-5-11-22(19)18(24)12-6-3-7-12;;/h4-5,8-11,24,28,30-31,42H,1-3,6-7,12-23,25-27H2,(H2,43,50);3-4,8-9,15H,5-6,10-11H2,1-2H3,(H2,21,23);2*1H. The molecule has 3 aromatic rings. The number of carbonyl (C=O) groups is 6. The number of hydrogen-bond acceptors (Lipinski definition) is 9. The van der Waals surface area contributed by atoms with Crippen LogP contribution in [0.25, 0.3) is 0 Å². The first kappa shape index (κ1) is 55.7. The van der Waals surface area contributed by atoms with Crippen LogP contribution in [0.3, 0.4) is 0 Å². The molecule has 2 aliphatic carbocycles. The lowest BCUT2D eigenvalue weighted by Gasteiger charge is -2.48. The molecule has 0 aromatic heterocycles. The average molecular weight is 1050 g/mol. The number of piperidine rings is 3. The first-order valence-electron chi connectivity index (χ1n) is 27.3. The minimum atomic E-state index is -0.777. The quantitative estimate of drug-likeness (QED) is 0.108. The van der Waals surface area contributed by atoms with Crippen LogP contribution in [0.1, 0.15) is 154 Å². The Bertz CT molecular complexity index is 2740. The molecule has 4 aliphatic heterocycles. The number of nitrogens with two attached hydrogens (primary N) is 2. The van der Waals surface area contributed by atoms with Gasteiger partial charge < -0.3 is 41.2 Å². The third kappa shape index (κ3) is 13.3. The number of primary amides is 2. The van der Waals surface area contributed by atoms with E-state index in [1.54, 1.807) is 46.2 Å². The maximum Gasteiger partial charge on any atom is 0.258 e. The zero-order valence-electron chi connectivity index (χ0n) is 44.1. The number of nitrogens with zero attached hydrogens (tertiary/aromatic N) is 5. The van der Waals surface area contributed by atoms with Crippen LogP contribution in [0.2, 0.25) is 0 Å². The van der Waals surface area contributed by atoms with E-state index in [1.807, 2.05) is 29.7 Å². The summed E-state index contributed by atoms with van der Waals surface area (Å²) >= 11 is 0. The summed E-state index contributed by atoms with van der Waals surface area (Å²) < 4.78 is 36.1. The smallest absolute Gasteiger partial charge is 0.258 e. The lowest BCUT2D eigenvalue weighted by molar-refractivity contribution is -0.138. The number of likely N-dealkylation sites (tertiary alicyclic amines) is 3. The molecule has 1 saturated carbocycles. The Labute approximate surface area is 448 Å². The lowest BCUT2D eigenvalue weighted by atomic mass is 9.74. The van der Waals surface area contributed by atoms with Gasteiger partial charge in [-0.2, -0.15) is 0 Å². The van der Waals surface area contributed by atoms with Gasteiger partial charge in [-0.15, -0.1) is 5.73 Å². The molecular formula is C59H78F2N8O7. The number of piperazine rings is 1. The van der Waals surface area contributed by atoms with E-state index in [-0.39, 0.29) is 61.6 Å². The Morgan fingerprint density at radius 1 is 0.671 bits per heavy atom. The topological polar surface area (TPSA) is 204 Å². The van der Waals surface area contributed by atoms with Crippen LogP contribution in [0.4, 0.5) is 8.78 Å². The van der Waals surface area contributed by atoms with Crippen molar-refractivity contribution < 1.29 is 45.1 Å². The van der Waals surface area contributed by atoms with Gasteiger partial charge in [-0.25, -0.2) is 8.78 Å². The van der Waals surface area contributed by atoms with E-state index in [9.17, 15) is 37.5 Å². The van der Waals surface area contributed by atoms with E-state index in [4.69, 9.17) is 21.6 Å². The van der Waals surface area contributed by atoms with Crippen LogP contribution >= 0.6 is 0 Å². The maximum absolute atomic E-state index is 14.9. The third-order valence-corrected chi connectivity index (χ3v) is 16.5. The van der Waals surface area contributed by atoms with E-state index >= 15 is 0 Å². The molecule has 410 valence electrons. The SMILES string of the molecule is CC1(C)C(c2cccc(C(N)=O)c2F)CCCN1C(=O)C1=C=CC1.N=C(Cc1ccc(F)c(C(=O)N2CCN(C(=O)CN3CCC(OC4CCN(C(=O)CC5CCCCC5)CC4)CC3)CC2)c1)c1ccccc1C(N)=O.[HH].[HH].